The van der Waals surface area contributed by atoms with E-state index in [1.165, 1.54) is 6.07 Å². The standard InChI is InChI=1S/C21H23ClN4O4S/c1-2-12-30-17-5-3-4-15(13-17)20(27)23-21(31)25-10-8-24(9-11-25)18-7-6-16(22)14-19(18)26(28)29/h3-7,13-14H,2,8-12H2,1H3,(H,23,27,31). The second-order valence-corrected chi connectivity index (χ2v) is 7.82. The van der Waals surface area contributed by atoms with Crippen LogP contribution in [0.4, 0.5) is 11.4 Å². The van der Waals surface area contributed by atoms with Crippen molar-refractivity contribution in [3.05, 3.63) is 63.2 Å². The molecule has 1 saturated heterocycles. The monoisotopic (exact) mass is 462 g/mol. The lowest BCUT2D eigenvalue weighted by molar-refractivity contribution is -0.384. The molecule has 1 aliphatic rings. The molecule has 164 valence electrons. The highest BCUT2D eigenvalue weighted by molar-refractivity contribution is 7.80. The number of amides is 1. The predicted molar refractivity (Wildman–Crippen MR) is 124 cm³/mol. The summed E-state index contributed by atoms with van der Waals surface area (Å²) < 4.78 is 5.57. The molecule has 1 aliphatic heterocycles. The summed E-state index contributed by atoms with van der Waals surface area (Å²) in [5.41, 5.74) is 0.960. The van der Waals surface area contributed by atoms with Crippen LogP contribution < -0.4 is 15.0 Å². The van der Waals surface area contributed by atoms with Gasteiger partial charge in [-0.1, -0.05) is 24.6 Å². The number of thiocarbonyl (C=S) groups is 1. The summed E-state index contributed by atoms with van der Waals surface area (Å²) in [5, 5.41) is 14.8. The minimum atomic E-state index is -0.434. The van der Waals surface area contributed by atoms with Gasteiger partial charge in [-0.05, 0) is 49.0 Å². The van der Waals surface area contributed by atoms with Crippen LogP contribution in [-0.2, 0) is 0 Å². The molecular weight excluding hydrogens is 440 g/mol. The highest BCUT2D eigenvalue weighted by Crippen LogP contribution is 2.31. The van der Waals surface area contributed by atoms with Crippen molar-refractivity contribution >= 4 is 46.2 Å². The summed E-state index contributed by atoms with van der Waals surface area (Å²) in [6.45, 7) is 4.70. The molecule has 0 atom stereocenters. The number of carbonyl (C=O) groups is 1. The van der Waals surface area contributed by atoms with E-state index in [-0.39, 0.29) is 11.6 Å². The first-order valence-electron chi connectivity index (χ1n) is 9.91. The molecule has 3 rings (SSSR count). The highest BCUT2D eigenvalue weighted by atomic mass is 35.5. The van der Waals surface area contributed by atoms with Crippen molar-refractivity contribution in [2.45, 2.75) is 13.3 Å². The van der Waals surface area contributed by atoms with E-state index in [1.54, 1.807) is 36.4 Å². The molecular formula is C21H23ClN4O4S. The number of halogens is 1. The molecule has 0 aliphatic carbocycles. The van der Waals surface area contributed by atoms with Gasteiger partial charge >= 0.3 is 0 Å². The SMILES string of the molecule is CCCOc1cccc(C(=O)NC(=S)N2CCN(c3ccc(Cl)cc3[N+](=O)[O-])CC2)c1. The zero-order valence-electron chi connectivity index (χ0n) is 17.0. The zero-order chi connectivity index (χ0) is 22.4. The number of hydrogen-bond donors (Lipinski definition) is 1. The Balaban J connectivity index is 1.58. The minimum Gasteiger partial charge on any atom is -0.494 e. The smallest absolute Gasteiger partial charge is 0.294 e. The molecule has 0 radical (unpaired) electrons. The van der Waals surface area contributed by atoms with Crippen LogP contribution in [0.15, 0.2) is 42.5 Å². The molecule has 0 unspecified atom stereocenters. The summed E-state index contributed by atoms with van der Waals surface area (Å²) in [7, 11) is 0. The van der Waals surface area contributed by atoms with E-state index in [4.69, 9.17) is 28.6 Å². The number of nitrogens with zero attached hydrogens (tertiary/aromatic N) is 3. The number of piperazine rings is 1. The fourth-order valence-corrected chi connectivity index (χ4v) is 3.70. The topological polar surface area (TPSA) is 88.0 Å². The Morgan fingerprint density at radius 1 is 1.23 bits per heavy atom. The van der Waals surface area contributed by atoms with Gasteiger partial charge in [-0.25, -0.2) is 0 Å². The van der Waals surface area contributed by atoms with Gasteiger partial charge in [0, 0.05) is 42.8 Å². The van der Waals surface area contributed by atoms with Crippen LogP contribution in [0.2, 0.25) is 5.02 Å². The van der Waals surface area contributed by atoms with Crippen LogP contribution in [0, 0.1) is 10.1 Å². The van der Waals surface area contributed by atoms with E-state index in [0.29, 0.717) is 59.9 Å². The van der Waals surface area contributed by atoms with Gasteiger partial charge in [-0.3, -0.25) is 20.2 Å². The molecule has 2 aromatic rings. The number of nitro benzene ring substituents is 1. The maximum atomic E-state index is 12.6. The third kappa shape index (κ3) is 5.83. The largest absolute Gasteiger partial charge is 0.494 e. The Kier molecular flexibility index (Phi) is 7.64. The van der Waals surface area contributed by atoms with Crippen molar-refractivity contribution in [3.8, 4) is 5.75 Å². The molecule has 1 N–H and O–H groups in total. The molecule has 0 aromatic heterocycles. The van der Waals surface area contributed by atoms with Crippen LogP contribution >= 0.6 is 23.8 Å². The number of nitrogens with one attached hydrogen (secondary N) is 1. The number of ether oxygens (including phenoxy) is 1. The lowest BCUT2D eigenvalue weighted by Gasteiger charge is -2.37. The van der Waals surface area contributed by atoms with E-state index in [2.05, 4.69) is 5.32 Å². The lowest BCUT2D eigenvalue weighted by atomic mass is 10.2. The van der Waals surface area contributed by atoms with Gasteiger partial charge in [0.15, 0.2) is 5.11 Å². The predicted octanol–water partition coefficient (Wildman–Crippen LogP) is 3.87. The van der Waals surface area contributed by atoms with Crippen molar-refractivity contribution < 1.29 is 14.5 Å². The fourth-order valence-electron chi connectivity index (χ4n) is 3.26. The van der Waals surface area contributed by atoms with Crippen LogP contribution in [0.5, 0.6) is 5.75 Å². The van der Waals surface area contributed by atoms with E-state index in [9.17, 15) is 14.9 Å². The lowest BCUT2D eigenvalue weighted by Crippen LogP contribution is -2.52. The summed E-state index contributed by atoms with van der Waals surface area (Å²) in [4.78, 5) is 27.3. The van der Waals surface area contributed by atoms with Gasteiger partial charge in [-0.2, -0.15) is 0 Å². The number of carbonyl (C=O) groups excluding carboxylic acids is 1. The van der Waals surface area contributed by atoms with Gasteiger partial charge in [0.2, 0.25) is 0 Å². The quantitative estimate of drug-likeness (QED) is 0.396. The van der Waals surface area contributed by atoms with E-state index < -0.39 is 4.92 Å². The molecule has 0 bridgehead atoms. The number of anilines is 1. The average Bonchev–Trinajstić information content (AvgIpc) is 2.77. The van der Waals surface area contributed by atoms with Gasteiger partial charge in [-0.15, -0.1) is 0 Å². The van der Waals surface area contributed by atoms with E-state index >= 15 is 0 Å². The summed E-state index contributed by atoms with van der Waals surface area (Å²) in [6.07, 6.45) is 0.881. The van der Waals surface area contributed by atoms with Crippen molar-refractivity contribution in [2.75, 3.05) is 37.7 Å². The van der Waals surface area contributed by atoms with Gasteiger partial charge in [0.05, 0.1) is 11.5 Å². The Labute approximate surface area is 190 Å². The Morgan fingerprint density at radius 3 is 2.65 bits per heavy atom. The average molecular weight is 463 g/mol. The van der Waals surface area contributed by atoms with Crippen molar-refractivity contribution in [2.24, 2.45) is 0 Å². The maximum Gasteiger partial charge on any atom is 0.294 e. The molecule has 0 saturated carbocycles. The normalized spacial score (nSPS) is 13.6. The maximum absolute atomic E-state index is 12.6. The van der Waals surface area contributed by atoms with Crippen LogP contribution in [0.3, 0.4) is 0 Å². The first kappa shape index (κ1) is 22.8. The van der Waals surface area contributed by atoms with Crippen LogP contribution in [0.25, 0.3) is 0 Å². The van der Waals surface area contributed by atoms with Gasteiger partial charge in [0.25, 0.3) is 11.6 Å². The molecule has 1 fully saturated rings. The van der Waals surface area contributed by atoms with Crippen molar-refractivity contribution in [1.82, 2.24) is 10.2 Å². The summed E-state index contributed by atoms with van der Waals surface area (Å²) in [5.74, 6) is 0.335. The molecule has 1 amide bonds. The third-order valence-corrected chi connectivity index (χ3v) is 5.43. The molecule has 1 heterocycles. The number of rotatable bonds is 6. The Morgan fingerprint density at radius 2 is 1.97 bits per heavy atom. The van der Waals surface area contributed by atoms with E-state index in [0.717, 1.165) is 6.42 Å². The van der Waals surface area contributed by atoms with Crippen LogP contribution in [0.1, 0.15) is 23.7 Å². The first-order chi connectivity index (χ1) is 14.9. The zero-order valence-corrected chi connectivity index (χ0v) is 18.6. The number of benzene rings is 2. The third-order valence-electron chi connectivity index (χ3n) is 4.83. The van der Waals surface area contributed by atoms with Crippen LogP contribution in [-0.4, -0.2) is 53.6 Å². The Hall–Kier alpha value is -2.91. The second kappa shape index (κ2) is 10.4. The molecule has 31 heavy (non-hydrogen) atoms. The second-order valence-electron chi connectivity index (χ2n) is 7.00. The molecule has 2 aromatic carbocycles. The number of hydrogen-bond acceptors (Lipinski definition) is 6. The van der Waals surface area contributed by atoms with E-state index in [1.807, 2.05) is 16.7 Å². The van der Waals surface area contributed by atoms with Gasteiger partial charge in [0.1, 0.15) is 11.4 Å². The number of nitro groups is 1. The fraction of sp³-hybridized carbons (Fsp3) is 0.333. The molecule has 8 nitrogen and oxygen atoms in total. The summed E-state index contributed by atoms with van der Waals surface area (Å²) >= 11 is 11.3. The minimum absolute atomic E-state index is 0.0259. The first-order valence-corrected chi connectivity index (χ1v) is 10.7. The highest BCUT2D eigenvalue weighted by Gasteiger charge is 2.25. The molecule has 10 heteroatoms. The summed E-state index contributed by atoms with van der Waals surface area (Å²) in [6, 6.07) is 11.6. The van der Waals surface area contributed by atoms with Crippen molar-refractivity contribution in [3.63, 3.8) is 0 Å². The molecule has 0 spiro atoms. The Bertz CT molecular complexity index is 980. The van der Waals surface area contributed by atoms with Crippen molar-refractivity contribution in [1.29, 1.82) is 0 Å². The van der Waals surface area contributed by atoms with Gasteiger partial charge < -0.3 is 14.5 Å².